The van der Waals surface area contributed by atoms with E-state index in [4.69, 9.17) is 4.42 Å². The number of carbonyl (C=O) groups is 1. The summed E-state index contributed by atoms with van der Waals surface area (Å²) in [5.74, 6) is 0.102. The minimum absolute atomic E-state index is 0.210. The monoisotopic (exact) mass is 301 g/mol. The molecule has 88 valence electrons. The number of hydrogen-bond donors (Lipinski definition) is 0. The molecule has 0 saturated carbocycles. The number of ketones is 1. The third-order valence-electron chi connectivity index (χ3n) is 2.61. The smallest absolute Gasteiger partial charge is 0.246 e. The number of hydrogen-bond acceptors (Lipinski definition) is 3. The highest BCUT2D eigenvalue weighted by Crippen LogP contribution is 2.21. The van der Waals surface area contributed by atoms with E-state index in [1.165, 1.54) is 0 Å². The summed E-state index contributed by atoms with van der Waals surface area (Å²) in [5, 5.41) is 0.915. The summed E-state index contributed by atoms with van der Waals surface area (Å²) in [7, 11) is 0. The number of furan rings is 1. The molecule has 2 heterocycles. The van der Waals surface area contributed by atoms with E-state index in [9.17, 15) is 4.79 Å². The molecule has 3 aromatic rings. The fourth-order valence-electron chi connectivity index (χ4n) is 1.73. The van der Waals surface area contributed by atoms with Crippen LogP contribution in [0.15, 0.2) is 57.6 Å². The number of fused-ring (bicyclic) bond motifs is 1. The average Bonchev–Trinajstić information content (AvgIpc) is 2.82. The van der Waals surface area contributed by atoms with Gasteiger partial charge in [0.15, 0.2) is 5.76 Å². The Hall–Kier alpha value is -1.94. The van der Waals surface area contributed by atoms with E-state index < -0.39 is 0 Å². The van der Waals surface area contributed by atoms with Crippen LogP contribution in [0.2, 0.25) is 0 Å². The fourth-order valence-corrected chi connectivity index (χ4v) is 1.96. The van der Waals surface area contributed by atoms with Crippen molar-refractivity contribution in [2.24, 2.45) is 0 Å². The molecule has 0 aliphatic carbocycles. The molecular weight excluding hydrogens is 294 g/mol. The summed E-state index contributed by atoms with van der Waals surface area (Å²) >= 11 is 3.28. The molecule has 0 fully saturated rings. The maximum absolute atomic E-state index is 12.2. The molecule has 0 N–H and O–H groups in total. The summed E-state index contributed by atoms with van der Waals surface area (Å²) in [6.07, 6.45) is 1.59. The van der Waals surface area contributed by atoms with Crippen molar-refractivity contribution in [3.8, 4) is 0 Å². The lowest BCUT2D eigenvalue weighted by molar-refractivity contribution is 0.101. The number of pyridine rings is 1. The second-order valence-corrected chi connectivity index (χ2v) is 4.75. The Bertz CT molecular complexity index is 683. The lowest BCUT2D eigenvalue weighted by Gasteiger charge is -1.96. The zero-order valence-electron chi connectivity index (χ0n) is 9.26. The van der Waals surface area contributed by atoms with Crippen LogP contribution < -0.4 is 0 Å². The summed E-state index contributed by atoms with van der Waals surface area (Å²) in [5.41, 5.74) is 1.08. The highest BCUT2D eigenvalue weighted by atomic mass is 79.9. The molecule has 2 aromatic heterocycles. The molecule has 0 unspecified atom stereocenters. The van der Waals surface area contributed by atoms with Gasteiger partial charge in [0.05, 0.1) is 0 Å². The van der Waals surface area contributed by atoms with E-state index >= 15 is 0 Å². The van der Waals surface area contributed by atoms with E-state index in [-0.39, 0.29) is 5.78 Å². The van der Waals surface area contributed by atoms with Gasteiger partial charge in [0.25, 0.3) is 0 Å². The van der Waals surface area contributed by atoms with Crippen molar-refractivity contribution in [3.05, 3.63) is 64.6 Å². The SMILES string of the molecule is O=C(c1ccc(Br)cn1)c1cc2ccccc2o1. The minimum atomic E-state index is -0.210. The molecule has 0 spiro atoms. The number of carbonyl (C=O) groups excluding carboxylic acids is 1. The molecule has 0 atom stereocenters. The first-order valence-electron chi connectivity index (χ1n) is 5.39. The largest absolute Gasteiger partial charge is 0.453 e. The number of para-hydroxylation sites is 1. The highest BCUT2D eigenvalue weighted by molar-refractivity contribution is 9.10. The van der Waals surface area contributed by atoms with Crippen LogP contribution in [0.25, 0.3) is 11.0 Å². The molecule has 0 bridgehead atoms. The minimum Gasteiger partial charge on any atom is -0.453 e. The molecule has 0 amide bonds. The van der Waals surface area contributed by atoms with Crippen molar-refractivity contribution in [1.82, 2.24) is 4.98 Å². The van der Waals surface area contributed by atoms with Crippen LogP contribution in [0, 0.1) is 0 Å². The molecule has 4 heteroatoms. The first-order valence-corrected chi connectivity index (χ1v) is 6.18. The van der Waals surface area contributed by atoms with Crippen molar-refractivity contribution in [3.63, 3.8) is 0 Å². The summed E-state index contributed by atoms with van der Waals surface area (Å²) in [4.78, 5) is 16.2. The number of rotatable bonds is 2. The standard InChI is InChI=1S/C14H8BrNO2/c15-10-5-6-11(16-8-10)14(17)13-7-9-3-1-2-4-12(9)18-13/h1-8H. The number of aromatic nitrogens is 1. The first-order chi connectivity index (χ1) is 8.74. The Morgan fingerprint density at radius 2 is 2.00 bits per heavy atom. The average molecular weight is 302 g/mol. The maximum Gasteiger partial charge on any atom is 0.246 e. The van der Waals surface area contributed by atoms with Gasteiger partial charge in [-0.05, 0) is 40.2 Å². The van der Waals surface area contributed by atoms with E-state index in [0.717, 1.165) is 9.86 Å². The highest BCUT2D eigenvalue weighted by Gasteiger charge is 2.15. The maximum atomic E-state index is 12.2. The number of halogens is 1. The van der Waals surface area contributed by atoms with Gasteiger partial charge in [-0.1, -0.05) is 18.2 Å². The van der Waals surface area contributed by atoms with Crippen molar-refractivity contribution < 1.29 is 9.21 Å². The van der Waals surface area contributed by atoms with Crippen molar-refractivity contribution in [2.75, 3.05) is 0 Å². The quantitative estimate of drug-likeness (QED) is 0.676. The van der Waals surface area contributed by atoms with Gasteiger partial charge in [-0.25, -0.2) is 0 Å². The zero-order valence-corrected chi connectivity index (χ0v) is 10.8. The van der Waals surface area contributed by atoms with Crippen molar-refractivity contribution >= 4 is 32.7 Å². The van der Waals surface area contributed by atoms with Gasteiger partial charge in [0, 0.05) is 16.1 Å². The second kappa shape index (κ2) is 4.38. The molecule has 0 radical (unpaired) electrons. The topological polar surface area (TPSA) is 43.1 Å². The van der Waals surface area contributed by atoms with E-state index in [1.54, 1.807) is 24.4 Å². The first kappa shape index (κ1) is 11.2. The van der Waals surface area contributed by atoms with Crippen LogP contribution in [0.3, 0.4) is 0 Å². The fraction of sp³-hybridized carbons (Fsp3) is 0. The van der Waals surface area contributed by atoms with Crippen LogP contribution >= 0.6 is 15.9 Å². The van der Waals surface area contributed by atoms with Gasteiger partial charge < -0.3 is 4.42 Å². The second-order valence-electron chi connectivity index (χ2n) is 3.84. The summed E-state index contributed by atoms with van der Waals surface area (Å²) in [6.45, 7) is 0. The van der Waals surface area contributed by atoms with Crippen LogP contribution in [0.5, 0.6) is 0 Å². The van der Waals surface area contributed by atoms with E-state index in [0.29, 0.717) is 17.0 Å². The molecule has 0 saturated heterocycles. The summed E-state index contributed by atoms with van der Waals surface area (Å²) < 4.78 is 6.35. The molecule has 1 aromatic carbocycles. The molecule has 0 aliphatic heterocycles. The van der Waals surface area contributed by atoms with Gasteiger partial charge >= 0.3 is 0 Å². The van der Waals surface area contributed by atoms with E-state index in [2.05, 4.69) is 20.9 Å². The molecule has 0 aliphatic rings. The lowest BCUT2D eigenvalue weighted by Crippen LogP contribution is -2.01. The molecular formula is C14H8BrNO2. The Morgan fingerprint density at radius 1 is 1.17 bits per heavy atom. The van der Waals surface area contributed by atoms with Crippen LogP contribution in [-0.4, -0.2) is 10.8 Å². The third-order valence-corrected chi connectivity index (χ3v) is 3.08. The third kappa shape index (κ3) is 1.95. The van der Waals surface area contributed by atoms with Crippen LogP contribution in [-0.2, 0) is 0 Å². The summed E-state index contributed by atoms with van der Waals surface area (Å²) in [6, 6.07) is 12.7. The predicted molar refractivity (Wildman–Crippen MR) is 71.6 cm³/mol. The lowest BCUT2D eigenvalue weighted by atomic mass is 10.2. The normalized spacial score (nSPS) is 10.7. The van der Waals surface area contributed by atoms with Crippen molar-refractivity contribution in [1.29, 1.82) is 0 Å². The Kier molecular flexibility index (Phi) is 2.72. The number of benzene rings is 1. The van der Waals surface area contributed by atoms with Gasteiger partial charge in [0.2, 0.25) is 5.78 Å². The number of nitrogens with zero attached hydrogens (tertiary/aromatic N) is 1. The van der Waals surface area contributed by atoms with Crippen molar-refractivity contribution in [2.45, 2.75) is 0 Å². The van der Waals surface area contributed by atoms with Gasteiger partial charge in [-0.15, -0.1) is 0 Å². The molecule has 18 heavy (non-hydrogen) atoms. The van der Waals surface area contributed by atoms with Crippen LogP contribution in [0.4, 0.5) is 0 Å². The van der Waals surface area contributed by atoms with Crippen LogP contribution in [0.1, 0.15) is 16.2 Å². The molecule has 3 rings (SSSR count). The van der Waals surface area contributed by atoms with E-state index in [1.807, 2.05) is 24.3 Å². The Labute approximate surface area is 112 Å². The molecule has 3 nitrogen and oxygen atoms in total. The zero-order chi connectivity index (χ0) is 12.5. The van der Waals surface area contributed by atoms with Gasteiger partial charge in [0.1, 0.15) is 11.3 Å². The predicted octanol–water partition coefficient (Wildman–Crippen LogP) is 3.82. The Morgan fingerprint density at radius 3 is 2.72 bits per heavy atom. The van der Waals surface area contributed by atoms with Gasteiger partial charge in [-0.2, -0.15) is 0 Å². The Balaban J connectivity index is 2.03. The van der Waals surface area contributed by atoms with Gasteiger partial charge in [-0.3, -0.25) is 9.78 Å².